The van der Waals surface area contributed by atoms with E-state index in [0.29, 0.717) is 17.0 Å². The maximum atomic E-state index is 8.93. The highest BCUT2D eigenvalue weighted by atomic mass is 14.3. The molecule has 0 heterocycles. The Bertz CT molecular complexity index is 389. The topological polar surface area (TPSA) is 23.8 Å². The van der Waals surface area contributed by atoms with Crippen LogP contribution in [0.1, 0.15) is 36.5 Å². The molecule has 1 rings (SSSR count). The van der Waals surface area contributed by atoms with Gasteiger partial charge in [-0.3, -0.25) is 0 Å². The quantitative estimate of drug-likeness (QED) is 0.593. The van der Waals surface area contributed by atoms with Gasteiger partial charge in [-0.2, -0.15) is 5.26 Å². The third kappa shape index (κ3) is 1.71. The molecule has 0 atom stereocenters. The lowest BCUT2D eigenvalue weighted by molar-refractivity contribution is 0.862. The summed E-state index contributed by atoms with van der Waals surface area (Å²) in [5.74, 6) is 2.86. The first-order valence-corrected chi connectivity index (χ1v) is 4.20. The molecular weight excluding hydrogens is 158 g/mol. The normalized spacial score (nSPS) is 9.31. The SMILES string of the molecule is C#Cc1cccc(C(C)C)c1C#N. The van der Waals surface area contributed by atoms with Gasteiger partial charge in [-0.05, 0) is 17.5 Å². The lowest BCUT2D eigenvalue weighted by Crippen LogP contribution is -1.95. The number of rotatable bonds is 1. The first-order chi connectivity index (χ1) is 6.20. The molecule has 0 saturated heterocycles. The summed E-state index contributed by atoms with van der Waals surface area (Å²) in [5, 5.41) is 8.93. The molecule has 0 unspecified atom stereocenters. The molecule has 1 heteroatoms. The maximum Gasteiger partial charge on any atom is 0.101 e. The Hall–Kier alpha value is -1.73. The van der Waals surface area contributed by atoms with Crippen LogP contribution in [0.3, 0.4) is 0 Å². The highest BCUT2D eigenvalue weighted by Gasteiger charge is 2.08. The van der Waals surface area contributed by atoms with Crippen LogP contribution in [0, 0.1) is 23.7 Å². The molecule has 1 nitrogen and oxygen atoms in total. The molecule has 0 aliphatic carbocycles. The van der Waals surface area contributed by atoms with E-state index in [2.05, 4.69) is 25.8 Å². The van der Waals surface area contributed by atoms with Crippen LogP contribution in [0.4, 0.5) is 0 Å². The Balaban J connectivity index is 3.40. The predicted octanol–water partition coefficient (Wildman–Crippen LogP) is 2.66. The van der Waals surface area contributed by atoms with Gasteiger partial charge in [0.05, 0.1) is 5.56 Å². The third-order valence-corrected chi connectivity index (χ3v) is 1.99. The predicted molar refractivity (Wildman–Crippen MR) is 53.2 cm³/mol. The van der Waals surface area contributed by atoms with Crippen molar-refractivity contribution in [2.75, 3.05) is 0 Å². The molecule has 0 spiro atoms. The van der Waals surface area contributed by atoms with E-state index in [1.807, 2.05) is 12.1 Å². The number of nitrogens with zero attached hydrogens (tertiary/aromatic N) is 1. The fraction of sp³-hybridized carbons (Fsp3) is 0.250. The van der Waals surface area contributed by atoms with E-state index in [0.717, 1.165) is 5.56 Å². The molecule has 0 aliphatic rings. The van der Waals surface area contributed by atoms with Crippen LogP contribution in [-0.4, -0.2) is 0 Å². The Kier molecular flexibility index (Phi) is 2.72. The maximum absolute atomic E-state index is 8.93. The lowest BCUT2D eigenvalue weighted by atomic mass is 9.94. The fourth-order valence-electron chi connectivity index (χ4n) is 1.30. The van der Waals surface area contributed by atoms with Gasteiger partial charge in [0.25, 0.3) is 0 Å². The molecule has 1 aromatic carbocycles. The zero-order valence-corrected chi connectivity index (χ0v) is 7.83. The summed E-state index contributed by atoms with van der Waals surface area (Å²) >= 11 is 0. The average molecular weight is 169 g/mol. The summed E-state index contributed by atoms with van der Waals surface area (Å²) in [7, 11) is 0. The highest BCUT2D eigenvalue weighted by Crippen LogP contribution is 2.21. The molecule has 0 radical (unpaired) electrons. The summed E-state index contributed by atoms with van der Waals surface area (Å²) in [4.78, 5) is 0. The van der Waals surface area contributed by atoms with Gasteiger partial charge in [0.1, 0.15) is 6.07 Å². The van der Waals surface area contributed by atoms with Crippen molar-refractivity contribution in [1.82, 2.24) is 0 Å². The molecule has 0 aliphatic heterocycles. The molecule has 0 saturated carbocycles. The molecule has 0 aromatic heterocycles. The summed E-state index contributed by atoms with van der Waals surface area (Å²) in [6.45, 7) is 4.10. The first-order valence-electron chi connectivity index (χ1n) is 4.20. The van der Waals surface area contributed by atoms with Gasteiger partial charge >= 0.3 is 0 Å². The molecule has 0 amide bonds. The van der Waals surface area contributed by atoms with E-state index >= 15 is 0 Å². The van der Waals surface area contributed by atoms with Crippen molar-refractivity contribution in [2.45, 2.75) is 19.8 Å². The van der Waals surface area contributed by atoms with Crippen molar-refractivity contribution in [3.8, 4) is 18.4 Å². The molecule has 0 fully saturated rings. The largest absolute Gasteiger partial charge is 0.192 e. The van der Waals surface area contributed by atoms with Crippen molar-refractivity contribution in [3.63, 3.8) is 0 Å². The van der Waals surface area contributed by atoms with Crippen molar-refractivity contribution in [1.29, 1.82) is 5.26 Å². The fourth-order valence-corrected chi connectivity index (χ4v) is 1.30. The monoisotopic (exact) mass is 169 g/mol. The van der Waals surface area contributed by atoms with Crippen LogP contribution in [0.2, 0.25) is 0 Å². The van der Waals surface area contributed by atoms with E-state index in [-0.39, 0.29) is 0 Å². The average Bonchev–Trinajstić information content (AvgIpc) is 2.16. The second-order valence-electron chi connectivity index (χ2n) is 3.18. The first kappa shape index (κ1) is 9.36. The summed E-state index contributed by atoms with van der Waals surface area (Å²) < 4.78 is 0. The van der Waals surface area contributed by atoms with Crippen molar-refractivity contribution < 1.29 is 0 Å². The number of terminal acetylenes is 1. The van der Waals surface area contributed by atoms with Crippen LogP contribution in [0.15, 0.2) is 18.2 Å². The molecule has 13 heavy (non-hydrogen) atoms. The smallest absolute Gasteiger partial charge is 0.101 e. The lowest BCUT2D eigenvalue weighted by Gasteiger charge is -2.08. The standard InChI is InChI=1S/C12H11N/c1-4-10-6-5-7-11(9(2)3)12(10)8-13/h1,5-7,9H,2-3H3. The van der Waals surface area contributed by atoms with Crippen molar-refractivity contribution >= 4 is 0 Å². The number of benzene rings is 1. The minimum absolute atomic E-state index is 0.336. The summed E-state index contributed by atoms with van der Waals surface area (Å²) in [5.41, 5.74) is 2.35. The van der Waals surface area contributed by atoms with Crippen LogP contribution in [0.5, 0.6) is 0 Å². The minimum atomic E-state index is 0.336. The van der Waals surface area contributed by atoms with Gasteiger partial charge in [-0.15, -0.1) is 6.42 Å². The summed E-state index contributed by atoms with van der Waals surface area (Å²) in [6.07, 6.45) is 5.29. The Morgan fingerprint density at radius 2 is 2.08 bits per heavy atom. The molecule has 0 N–H and O–H groups in total. The van der Waals surface area contributed by atoms with E-state index in [1.165, 1.54) is 0 Å². The molecular formula is C12H11N. The van der Waals surface area contributed by atoms with Gasteiger partial charge in [-0.1, -0.05) is 31.9 Å². The van der Waals surface area contributed by atoms with E-state index in [9.17, 15) is 0 Å². The minimum Gasteiger partial charge on any atom is -0.192 e. The van der Waals surface area contributed by atoms with E-state index in [1.54, 1.807) is 6.07 Å². The van der Waals surface area contributed by atoms with Crippen LogP contribution >= 0.6 is 0 Å². The van der Waals surface area contributed by atoms with Crippen molar-refractivity contribution in [2.24, 2.45) is 0 Å². The molecule has 1 aromatic rings. The number of hydrogen-bond donors (Lipinski definition) is 0. The van der Waals surface area contributed by atoms with Gasteiger partial charge in [0.15, 0.2) is 0 Å². The van der Waals surface area contributed by atoms with Gasteiger partial charge in [0, 0.05) is 5.56 Å². The van der Waals surface area contributed by atoms with E-state index in [4.69, 9.17) is 11.7 Å². The number of nitriles is 1. The summed E-state index contributed by atoms with van der Waals surface area (Å²) in [6, 6.07) is 7.79. The molecule has 64 valence electrons. The van der Waals surface area contributed by atoms with Gasteiger partial charge in [0.2, 0.25) is 0 Å². The van der Waals surface area contributed by atoms with Crippen LogP contribution in [-0.2, 0) is 0 Å². The zero-order chi connectivity index (χ0) is 9.84. The van der Waals surface area contributed by atoms with Crippen LogP contribution in [0.25, 0.3) is 0 Å². The van der Waals surface area contributed by atoms with Crippen molar-refractivity contribution in [3.05, 3.63) is 34.9 Å². The Labute approximate surface area is 79.0 Å². The highest BCUT2D eigenvalue weighted by molar-refractivity contribution is 5.52. The van der Waals surface area contributed by atoms with Gasteiger partial charge < -0.3 is 0 Å². The van der Waals surface area contributed by atoms with E-state index < -0.39 is 0 Å². The Morgan fingerprint density at radius 3 is 2.54 bits per heavy atom. The second-order valence-corrected chi connectivity index (χ2v) is 3.18. The third-order valence-electron chi connectivity index (χ3n) is 1.99. The Morgan fingerprint density at radius 1 is 1.38 bits per heavy atom. The number of hydrogen-bond acceptors (Lipinski definition) is 1. The zero-order valence-electron chi connectivity index (χ0n) is 7.83. The molecule has 0 bridgehead atoms. The van der Waals surface area contributed by atoms with Gasteiger partial charge in [-0.25, -0.2) is 0 Å². The van der Waals surface area contributed by atoms with Crippen LogP contribution < -0.4 is 0 Å². The second kappa shape index (κ2) is 3.78.